The standard InChI is InChI=1S/C17H22N4O3S/c18-15(22)11-24-17(23)19-8-5-12-6-9-21(10-7-12)16-20-13-3-1-2-4-14(13)25-16/h1-4,12H,5-11H2,(H2,18,22)(H,19,23). The maximum absolute atomic E-state index is 11.4. The molecule has 7 nitrogen and oxygen atoms in total. The Morgan fingerprint density at radius 1 is 1.32 bits per heavy atom. The van der Waals surface area contributed by atoms with Gasteiger partial charge in [-0.05, 0) is 37.3 Å². The average Bonchev–Trinajstić information content (AvgIpc) is 3.04. The van der Waals surface area contributed by atoms with Crippen molar-refractivity contribution in [1.82, 2.24) is 10.3 Å². The number of primary amides is 1. The van der Waals surface area contributed by atoms with Gasteiger partial charge in [-0.3, -0.25) is 4.79 Å². The number of nitrogens with two attached hydrogens (primary N) is 1. The van der Waals surface area contributed by atoms with Crippen LogP contribution in [0.5, 0.6) is 0 Å². The molecule has 0 radical (unpaired) electrons. The molecule has 2 heterocycles. The first-order valence-corrected chi connectivity index (χ1v) is 9.23. The first kappa shape index (κ1) is 17.5. The smallest absolute Gasteiger partial charge is 0.407 e. The first-order chi connectivity index (χ1) is 12.1. The highest BCUT2D eigenvalue weighted by Crippen LogP contribution is 2.31. The van der Waals surface area contributed by atoms with E-state index in [1.807, 2.05) is 18.2 Å². The molecular formula is C17H22N4O3S. The number of anilines is 1. The van der Waals surface area contributed by atoms with Crippen LogP contribution in [0.1, 0.15) is 19.3 Å². The average molecular weight is 362 g/mol. The number of aromatic nitrogens is 1. The summed E-state index contributed by atoms with van der Waals surface area (Å²) in [7, 11) is 0. The van der Waals surface area contributed by atoms with Gasteiger partial charge in [0.25, 0.3) is 5.91 Å². The van der Waals surface area contributed by atoms with E-state index in [1.54, 1.807) is 11.3 Å². The van der Waals surface area contributed by atoms with Crippen LogP contribution in [-0.2, 0) is 9.53 Å². The highest BCUT2D eigenvalue weighted by Gasteiger charge is 2.21. The van der Waals surface area contributed by atoms with Gasteiger partial charge in [0.05, 0.1) is 10.2 Å². The van der Waals surface area contributed by atoms with Gasteiger partial charge in [0.1, 0.15) is 0 Å². The summed E-state index contributed by atoms with van der Waals surface area (Å²) in [6.45, 7) is 2.13. The van der Waals surface area contributed by atoms with Crippen LogP contribution in [0.4, 0.5) is 9.93 Å². The summed E-state index contributed by atoms with van der Waals surface area (Å²) < 4.78 is 5.88. The van der Waals surface area contributed by atoms with Crippen LogP contribution in [0.25, 0.3) is 10.2 Å². The van der Waals surface area contributed by atoms with E-state index in [0.29, 0.717) is 12.5 Å². The molecule has 0 bridgehead atoms. The molecule has 0 saturated carbocycles. The van der Waals surface area contributed by atoms with Crippen LogP contribution >= 0.6 is 11.3 Å². The van der Waals surface area contributed by atoms with Crippen molar-refractivity contribution in [2.75, 3.05) is 31.1 Å². The lowest BCUT2D eigenvalue weighted by Crippen LogP contribution is -2.35. The maximum atomic E-state index is 11.4. The molecule has 2 aromatic rings. The molecule has 25 heavy (non-hydrogen) atoms. The van der Waals surface area contributed by atoms with E-state index in [0.717, 1.165) is 43.0 Å². The van der Waals surface area contributed by atoms with Crippen LogP contribution in [0.2, 0.25) is 0 Å². The number of nitrogens with zero attached hydrogens (tertiary/aromatic N) is 2. The number of thiazole rings is 1. The van der Waals surface area contributed by atoms with Crippen LogP contribution in [0, 0.1) is 5.92 Å². The normalized spacial score (nSPS) is 15.3. The first-order valence-electron chi connectivity index (χ1n) is 8.41. The minimum Gasteiger partial charge on any atom is -0.439 e. The van der Waals surface area contributed by atoms with Crippen molar-refractivity contribution < 1.29 is 14.3 Å². The largest absolute Gasteiger partial charge is 0.439 e. The van der Waals surface area contributed by atoms with Crippen LogP contribution in [0.15, 0.2) is 24.3 Å². The molecule has 2 amide bonds. The number of alkyl carbamates (subject to hydrolysis) is 1. The lowest BCUT2D eigenvalue weighted by Gasteiger charge is -2.31. The Kier molecular flexibility index (Phi) is 5.70. The molecule has 0 atom stereocenters. The van der Waals surface area contributed by atoms with Gasteiger partial charge in [0, 0.05) is 19.6 Å². The number of fused-ring (bicyclic) bond motifs is 1. The van der Waals surface area contributed by atoms with Crippen molar-refractivity contribution in [2.45, 2.75) is 19.3 Å². The van der Waals surface area contributed by atoms with Crippen LogP contribution in [-0.4, -0.2) is 43.2 Å². The molecule has 8 heteroatoms. The molecule has 0 aliphatic carbocycles. The minimum absolute atomic E-state index is 0.383. The van der Waals surface area contributed by atoms with E-state index in [1.165, 1.54) is 4.70 Å². The number of amides is 2. The number of hydrogen-bond acceptors (Lipinski definition) is 6. The number of hydrogen-bond donors (Lipinski definition) is 2. The summed E-state index contributed by atoms with van der Waals surface area (Å²) in [6.07, 6.45) is 2.46. The second-order valence-corrected chi connectivity index (χ2v) is 7.16. The van der Waals surface area contributed by atoms with Crippen molar-refractivity contribution in [2.24, 2.45) is 11.7 Å². The summed E-state index contributed by atoms with van der Waals surface area (Å²) in [5, 5.41) is 3.74. The third-order valence-electron chi connectivity index (χ3n) is 4.34. The summed E-state index contributed by atoms with van der Waals surface area (Å²) in [4.78, 5) is 29.0. The lowest BCUT2D eigenvalue weighted by atomic mass is 9.94. The van der Waals surface area contributed by atoms with E-state index in [9.17, 15) is 9.59 Å². The summed E-state index contributed by atoms with van der Waals surface area (Å²) in [5.74, 6) is -0.0839. The van der Waals surface area contributed by atoms with Gasteiger partial charge in [0.2, 0.25) is 0 Å². The van der Waals surface area contributed by atoms with Gasteiger partial charge in [-0.15, -0.1) is 0 Å². The van der Waals surface area contributed by atoms with Gasteiger partial charge in [-0.2, -0.15) is 0 Å². The minimum atomic E-state index is -0.655. The molecule has 3 N–H and O–H groups in total. The van der Waals surface area contributed by atoms with E-state index in [4.69, 9.17) is 10.7 Å². The van der Waals surface area contributed by atoms with Gasteiger partial charge in [-0.25, -0.2) is 9.78 Å². The van der Waals surface area contributed by atoms with Crippen LogP contribution < -0.4 is 16.0 Å². The number of rotatable bonds is 6. The van der Waals surface area contributed by atoms with Crippen molar-refractivity contribution in [3.05, 3.63) is 24.3 Å². The number of piperidine rings is 1. The maximum Gasteiger partial charge on any atom is 0.407 e. The molecule has 3 rings (SSSR count). The number of para-hydroxylation sites is 1. The van der Waals surface area contributed by atoms with Crippen molar-refractivity contribution in [3.8, 4) is 0 Å². The molecule has 134 valence electrons. The van der Waals surface area contributed by atoms with Crippen molar-refractivity contribution in [3.63, 3.8) is 0 Å². The van der Waals surface area contributed by atoms with Gasteiger partial charge < -0.3 is 20.7 Å². The second-order valence-electron chi connectivity index (χ2n) is 6.15. The van der Waals surface area contributed by atoms with Gasteiger partial charge in [-0.1, -0.05) is 23.5 Å². The molecule has 0 spiro atoms. The number of carbonyl (C=O) groups is 2. The summed E-state index contributed by atoms with van der Waals surface area (Å²) >= 11 is 1.74. The quantitative estimate of drug-likeness (QED) is 0.820. The zero-order valence-electron chi connectivity index (χ0n) is 13.9. The number of ether oxygens (including phenoxy) is 1. The summed E-state index contributed by atoms with van der Waals surface area (Å²) in [6, 6.07) is 8.20. The molecule has 1 saturated heterocycles. The fourth-order valence-electron chi connectivity index (χ4n) is 2.97. The molecule has 1 aromatic heterocycles. The van der Waals surface area contributed by atoms with E-state index < -0.39 is 12.0 Å². The molecule has 1 aliphatic rings. The van der Waals surface area contributed by atoms with Crippen LogP contribution in [0.3, 0.4) is 0 Å². The topological polar surface area (TPSA) is 97.6 Å². The van der Waals surface area contributed by atoms with Gasteiger partial charge in [0.15, 0.2) is 11.7 Å². The Bertz CT molecular complexity index is 707. The van der Waals surface area contributed by atoms with Gasteiger partial charge >= 0.3 is 6.09 Å². The number of benzene rings is 1. The zero-order chi connectivity index (χ0) is 17.6. The van der Waals surface area contributed by atoms with E-state index in [2.05, 4.69) is 21.0 Å². The Morgan fingerprint density at radius 2 is 2.08 bits per heavy atom. The predicted octanol–water partition coefficient (Wildman–Crippen LogP) is 2.11. The molecule has 1 aliphatic heterocycles. The molecule has 0 unspecified atom stereocenters. The monoisotopic (exact) mass is 362 g/mol. The number of carbonyl (C=O) groups excluding carboxylic acids is 2. The predicted molar refractivity (Wildman–Crippen MR) is 97.7 cm³/mol. The molecule has 1 fully saturated rings. The van der Waals surface area contributed by atoms with Crippen molar-refractivity contribution in [1.29, 1.82) is 0 Å². The zero-order valence-corrected chi connectivity index (χ0v) is 14.8. The number of nitrogens with one attached hydrogen (secondary N) is 1. The molecule has 1 aromatic carbocycles. The fraction of sp³-hybridized carbons (Fsp3) is 0.471. The Morgan fingerprint density at radius 3 is 2.80 bits per heavy atom. The SMILES string of the molecule is NC(=O)COC(=O)NCCC1CCN(c2nc3ccccc3s2)CC1. The molecular weight excluding hydrogens is 340 g/mol. The Hall–Kier alpha value is -2.35. The Labute approximate surface area is 150 Å². The fourth-order valence-corrected chi connectivity index (χ4v) is 3.99. The lowest BCUT2D eigenvalue weighted by molar-refractivity contribution is -0.120. The Balaban J connectivity index is 1.40. The summed E-state index contributed by atoms with van der Waals surface area (Å²) in [5.41, 5.74) is 5.98. The van der Waals surface area contributed by atoms with E-state index >= 15 is 0 Å². The highest BCUT2D eigenvalue weighted by atomic mass is 32.1. The van der Waals surface area contributed by atoms with Crippen molar-refractivity contribution >= 4 is 38.7 Å². The van der Waals surface area contributed by atoms with E-state index in [-0.39, 0.29) is 6.61 Å². The second kappa shape index (κ2) is 8.15. The highest BCUT2D eigenvalue weighted by molar-refractivity contribution is 7.22. The third kappa shape index (κ3) is 4.82. The third-order valence-corrected chi connectivity index (χ3v) is 5.43.